The molecule has 0 aliphatic carbocycles. The zero-order valence-electron chi connectivity index (χ0n) is 11.9. The summed E-state index contributed by atoms with van der Waals surface area (Å²) in [5.74, 6) is 0. The van der Waals surface area contributed by atoms with Crippen LogP contribution in [0.4, 0.5) is 11.4 Å². The molecule has 0 bridgehead atoms. The number of sulfonamides is 1. The second-order valence-electron chi connectivity index (χ2n) is 4.47. The highest BCUT2D eigenvalue weighted by atomic mass is 35.5. The van der Waals surface area contributed by atoms with Crippen molar-refractivity contribution in [2.75, 3.05) is 10.5 Å². The molecule has 0 radical (unpaired) electrons. The van der Waals surface area contributed by atoms with E-state index in [0.717, 1.165) is 12.2 Å². The van der Waals surface area contributed by atoms with Gasteiger partial charge in [0.2, 0.25) is 5.69 Å². The van der Waals surface area contributed by atoms with Crippen molar-refractivity contribution in [1.29, 1.82) is 0 Å². The molecule has 0 fully saturated rings. The van der Waals surface area contributed by atoms with Crippen LogP contribution >= 0.6 is 0 Å². The van der Waals surface area contributed by atoms with Crippen LogP contribution in [0, 0.1) is 6.92 Å². The Balaban J connectivity index is 0.00000220. The van der Waals surface area contributed by atoms with Gasteiger partial charge in [0.05, 0.1) is 4.90 Å². The van der Waals surface area contributed by atoms with Crippen LogP contribution < -0.4 is 27.4 Å². The summed E-state index contributed by atoms with van der Waals surface area (Å²) in [6.07, 6.45) is 1.91. The van der Waals surface area contributed by atoms with Crippen LogP contribution in [0.3, 0.4) is 0 Å². The monoisotopic (exact) mass is 327 g/mol. The predicted molar refractivity (Wildman–Crippen MR) is 78.7 cm³/mol. The molecular weight excluding hydrogens is 310 g/mol. The normalized spacial score (nSPS) is 10.8. The Morgan fingerprint density at radius 3 is 2.38 bits per heavy atom. The first-order valence-electron chi connectivity index (χ1n) is 6.31. The third kappa shape index (κ3) is 3.86. The number of pyridine rings is 1. The summed E-state index contributed by atoms with van der Waals surface area (Å²) < 4.78 is 29.2. The van der Waals surface area contributed by atoms with Crippen LogP contribution in [0.25, 0.3) is 0 Å². The number of nitrogens with one attached hydrogen (secondary N) is 1. The van der Waals surface area contributed by atoms with E-state index in [0.29, 0.717) is 11.4 Å². The maximum absolute atomic E-state index is 12.3. The smallest absolute Gasteiger partial charge is 0.262 e. The number of nitrogens with two attached hydrogens (primary N) is 1. The van der Waals surface area contributed by atoms with Crippen molar-refractivity contribution in [1.82, 2.24) is 0 Å². The number of benzene rings is 1. The zero-order chi connectivity index (χ0) is 14.8. The third-order valence-electron chi connectivity index (χ3n) is 3.12. The Morgan fingerprint density at radius 1 is 1.19 bits per heavy atom. The Kier molecular flexibility index (Phi) is 5.57. The van der Waals surface area contributed by atoms with Gasteiger partial charge in [-0.25, -0.2) is 13.0 Å². The second-order valence-corrected chi connectivity index (χ2v) is 6.15. The first-order chi connectivity index (χ1) is 9.44. The lowest BCUT2D eigenvalue weighted by Crippen LogP contribution is -3.00. The highest BCUT2D eigenvalue weighted by Crippen LogP contribution is 2.18. The van der Waals surface area contributed by atoms with Gasteiger partial charge in [0.25, 0.3) is 10.0 Å². The molecule has 0 spiro atoms. The minimum atomic E-state index is -3.60. The summed E-state index contributed by atoms with van der Waals surface area (Å²) >= 11 is 0. The van der Waals surface area contributed by atoms with Gasteiger partial charge in [-0.15, -0.1) is 0 Å². The van der Waals surface area contributed by atoms with Crippen molar-refractivity contribution in [3.05, 3.63) is 48.3 Å². The van der Waals surface area contributed by atoms with E-state index in [2.05, 4.69) is 4.72 Å². The van der Waals surface area contributed by atoms with Crippen molar-refractivity contribution in [2.45, 2.75) is 25.3 Å². The molecule has 0 aliphatic rings. The molecule has 7 heteroatoms. The lowest BCUT2D eigenvalue weighted by atomic mass is 10.3. The average Bonchev–Trinajstić information content (AvgIpc) is 2.41. The van der Waals surface area contributed by atoms with Crippen LogP contribution in [0.1, 0.15) is 12.6 Å². The molecule has 0 atom stereocenters. The Bertz CT molecular complexity index is 715. The molecule has 1 aromatic carbocycles. The first-order valence-corrected chi connectivity index (χ1v) is 7.80. The molecule has 5 nitrogen and oxygen atoms in total. The van der Waals surface area contributed by atoms with E-state index in [1.165, 1.54) is 12.1 Å². The van der Waals surface area contributed by atoms with Gasteiger partial charge in [0.1, 0.15) is 12.2 Å². The highest BCUT2D eigenvalue weighted by Gasteiger charge is 2.18. The predicted octanol–water partition coefficient (Wildman–Crippen LogP) is -1.31. The lowest BCUT2D eigenvalue weighted by molar-refractivity contribution is -0.698. The number of halogens is 1. The number of aromatic nitrogens is 1. The summed E-state index contributed by atoms with van der Waals surface area (Å²) in [7, 11) is -3.60. The topological polar surface area (TPSA) is 76.1 Å². The van der Waals surface area contributed by atoms with Gasteiger partial charge in [0, 0.05) is 18.7 Å². The van der Waals surface area contributed by atoms with Crippen molar-refractivity contribution >= 4 is 21.4 Å². The molecule has 0 aliphatic heterocycles. The van der Waals surface area contributed by atoms with E-state index in [1.54, 1.807) is 18.2 Å². The number of hydrogen-bond donors (Lipinski definition) is 2. The van der Waals surface area contributed by atoms with Gasteiger partial charge in [-0.3, -0.25) is 4.72 Å². The first kappa shape index (κ1) is 17.3. The van der Waals surface area contributed by atoms with Crippen LogP contribution in [0.2, 0.25) is 0 Å². The maximum Gasteiger partial charge on any atom is 0.262 e. The Hall–Kier alpha value is -1.79. The molecule has 114 valence electrons. The SMILES string of the molecule is CC[n+]1cccc(NS(=O)(=O)c2ccc(N)cc2)c1C.[Cl-]. The fourth-order valence-corrected chi connectivity index (χ4v) is 3.05. The van der Waals surface area contributed by atoms with E-state index in [4.69, 9.17) is 5.73 Å². The fourth-order valence-electron chi connectivity index (χ4n) is 1.93. The Morgan fingerprint density at radius 2 is 1.81 bits per heavy atom. The molecule has 1 heterocycles. The summed E-state index contributed by atoms with van der Waals surface area (Å²) in [5.41, 5.74) is 7.54. The summed E-state index contributed by atoms with van der Waals surface area (Å²) in [4.78, 5) is 0.193. The molecule has 0 amide bonds. The third-order valence-corrected chi connectivity index (χ3v) is 4.51. The summed E-state index contributed by atoms with van der Waals surface area (Å²) in [6.45, 7) is 4.67. The minimum Gasteiger partial charge on any atom is -1.00 e. The fraction of sp³-hybridized carbons (Fsp3) is 0.214. The molecule has 0 unspecified atom stereocenters. The molecule has 0 saturated carbocycles. The minimum absolute atomic E-state index is 0. The molecule has 0 saturated heterocycles. The van der Waals surface area contributed by atoms with Crippen molar-refractivity contribution in [2.24, 2.45) is 0 Å². The molecule has 2 aromatic rings. The van der Waals surface area contributed by atoms with Crippen molar-refractivity contribution in [3.8, 4) is 0 Å². The zero-order valence-corrected chi connectivity index (χ0v) is 13.4. The highest BCUT2D eigenvalue weighted by molar-refractivity contribution is 7.92. The molecular formula is C14H18ClN3O2S. The van der Waals surface area contributed by atoms with E-state index in [9.17, 15) is 8.42 Å². The molecule has 1 aromatic heterocycles. The quantitative estimate of drug-likeness (QED) is 0.541. The number of hydrogen-bond acceptors (Lipinski definition) is 3. The van der Waals surface area contributed by atoms with Crippen molar-refractivity contribution < 1.29 is 25.4 Å². The molecule has 21 heavy (non-hydrogen) atoms. The maximum atomic E-state index is 12.3. The van der Waals surface area contributed by atoms with Crippen LogP contribution in [-0.2, 0) is 16.6 Å². The van der Waals surface area contributed by atoms with E-state index in [-0.39, 0.29) is 17.3 Å². The number of aryl methyl sites for hydroxylation is 1. The number of anilines is 2. The van der Waals surface area contributed by atoms with Gasteiger partial charge in [-0.2, -0.15) is 0 Å². The number of nitrogens with zero attached hydrogens (tertiary/aromatic N) is 1. The molecule has 2 rings (SSSR count). The van der Waals surface area contributed by atoms with E-state index < -0.39 is 10.0 Å². The largest absolute Gasteiger partial charge is 1.00 e. The molecule has 3 N–H and O–H groups in total. The Labute approximate surface area is 131 Å². The van der Waals surface area contributed by atoms with Gasteiger partial charge in [-0.1, -0.05) is 0 Å². The van der Waals surface area contributed by atoms with Crippen LogP contribution in [0.15, 0.2) is 47.5 Å². The van der Waals surface area contributed by atoms with Gasteiger partial charge < -0.3 is 18.1 Å². The van der Waals surface area contributed by atoms with E-state index in [1.807, 2.05) is 30.7 Å². The lowest BCUT2D eigenvalue weighted by Gasteiger charge is -2.09. The van der Waals surface area contributed by atoms with Crippen LogP contribution in [0.5, 0.6) is 0 Å². The van der Waals surface area contributed by atoms with Gasteiger partial charge >= 0.3 is 0 Å². The summed E-state index contributed by atoms with van der Waals surface area (Å²) in [5, 5.41) is 0. The van der Waals surface area contributed by atoms with E-state index >= 15 is 0 Å². The standard InChI is InChI=1S/C14H18N3O2S.ClH/c1-3-17-10-4-5-14(11(17)2)16-20(18,19)13-8-6-12(15)7-9-13;/h4-10,16H,3,15H2,1-2H3;1H/q+1;/p-1. The van der Waals surface area contributed by atoms with Crippen LogP contribution in [-0.4, -0.2) is 8.42 Å². The average molecular weight is 328 g/mol. The van der Waals surface area contributed by atoms with Gasteiger partial charge in [0.15, 0.2) is 6.20 Å². The second kappa shape index (κ2) is 6.78. The number of nitrogen functional groups attached to an aromatic ring is 1. The van der Waals surface area contributed by atoms with Crippen molar-refractivity contribution in [3.63, 3.8) is 0 Å². The summed E-state index contributed by atoms with van der Waals surface area (Å²) in [6, 6.07) is 9.68. The van der Waals surface area contributed by atoms with Gasteiger partial charge in [-0.05, 0) is 37.3 Å². The number of rotatable bonds is 4.